The molecule has 1 aromatic carbocycles. The number of hydrogen-bond acceptors (Lipinski definition) is 4. The number of rotatable bonds is 5. The molecule has 17 heavy (non-hydrogen) atoms. The largest absolute Gasteiger partial charge is 0.493 e. The molecular weight excluding hydrogens is 242 g/mol. The molecule has 1 unspecified atom stereocenters. The van der Waals surface area contributed by atoms with Gasteiger partial charge in [0.2, 0.25) is 0 Å². The van der Waals surface area contributed by atoms with Gasteiger partial charge in [-0.15, -0.1) is 0 Å². The van der Waals surface area contributed by atoms with Crippen LogP contribution in [0.25, 0.3) is 0 Å². The van der Waals surface area contributed by atoms with E-state index in [2.05, 4.69) is 0 Å². The minimum absolute atomic E-state index is 0.202. The third kappa shape index (κ3) is 2.65. The molecule has 0 saturated heterocycles. The van der Waals surface area contributed by atoms with Crippen LogP contribution < -0.4 is 15.2 Å². The smallest absolute Gasteiger partial charge is 0.167 e. The summed E-state index contributed by atoms with van der Waals surface area (Å²) in [4.78, 5) is 0. The van der Waals surface area contributed by atoms with E-state index in [1.807, 2.05) is 13.0 Å². The summed E-state index contributed by atoms with van der Waals surface area (Å²) < 4.78 is 10.5. The number of aliphatic hydroxyl groups excluding tert-OH is 1. The SMILES string of the molecule is CCc1cc(OC)c(OC)c(C(N)CO)c1Cl. The summed E-state index contributed by atoms with van der Waals surface area (Å²) in [7, 11) is 3.08. The number of halogens is 1. The second kappa shape index (κ2) is 6.10. The number of benzene rings is 1. The van der Waals surface area contributed by atoms with Gasteiger partial charge >= 0.3 is 0 Å². The molecular formula is C12H18ClNO3. The maximum Gasteiger partial charge on any atom is 0.167 e. The molecule has 3 N–H and O–H groups in total. The van der Waals surface area contributed by atoms with Gasteiger partial charge in [-0.05, 0) is 18.1 Å². The van der Waals surface area contributed by atoms with Gasteiger partial charge in [0.25, 0.3) is 0 Å². The van der Waals surface area contributed by atoms with Crippen molar-refractivity contribution in [1.82, 2.24) is 0 Å². The predicted octanol–water partition coefficient (Wildman–Crippen LogP) is 1.91. The molecule has 0 saturated carbocycles. The van der Waals surface area contributed by atoms with E-state index in [9.17, 15) is 5.11 Å². The molecule has 4 nitrogen and oxygen atoms in total. The van der Waals surface area contributed by atoms with Gasteiger partial charge in [0.1, 0.15) is 0 Å². The Kier molecular flexibility index (Phi) is 5.05. The van der Waals surface area contributed by atoms with E-state index in [1.165, 1.54) is 7.11 Å². The van der Waals surface area contributed by atoms with E-state index in [0.29, 0.717) is 22.1 Å². The molecule has 0 radical (unpaired) electrons. The van der Waals surface area contributed by atoms with Gasteiger partial charge in [0.15, 0.2) is 11.5 Å². The van der Waals surface area contributed by atoms with Crippen molar-refractivity contribution in [2.24, 2.45) is 5.73 Å². The first-order chi connectivity index (χ1) is 8.10. The Labute approximate surface area is 106 Å². The Morgan fingerprint density at radius 1 is 1.41 bits per heavy atom. The first-order valence-electron chi connectivity index (χ1n) is 5.40. The number of ether oxygens (including phenoxy) is 2. The number of aryl methyl sites for hydroxylation is 1. The minimum atomic E-state index is -0.585. The molecule has 1 atom stereocenters. The Balaban J connectivity index is 3.49. The first kappa shape index (κ1) is 14.1. The van der Waals surface area contributed by atoms with E-state index in [-0.39, 0.29) is 6.61 Å². The molecule has 0 fully saturated rings. The molecule has 0 aliphatic heterocycles. The summed E-state index contributed by atoms with van der Waals surface area (Å²) in [6.07, 6.45) is 0.754. The van der Waals surface area contributed by atoms with Crippen molar-refractivity contribution in [3.8, 4) is 11.5 Å². The lowest BCUT2D eigenvalue weighted by molar-refractivity contribution is 0.263. The van der Waals surface area contributed by atoms with Crippen LogP contribution in [0.4, 0.5) is 0 Å². The summed E-state index contributed by atoms with van der Waals surface area (Å²) >= 11 is 6.27. The maximum absolute atomic E-state index is 9.18. The lowest BCUT2D eigenvalue weighted by Gasteiger charge is -2.20. The highest BCUT2D eigenvalue weighted by atomic mass is 35.5. The van der Waals surface area contributed by atoms with Crippen molar-refractivity contribution < 1.29 is 14.6 Å². The van der Waals surface area contributed by atoms with Gasteiger partial charge in [0.05, 0.1) is 31.9 Å². The fourth-order valence-corrected chi connectivity index (χ4v) is 2.15. The molecule has 5 heteroatoms. The highest BCUT2D eigenvalue weighted by molar-refractivity contribution is 6.32. The standard InChI is InChI=1S/C12H18ClNO3/c1-4-7-5-9(16-2)12(17-3)10(11(7)13)8(14)6-15/h5,8,15H,4,6,14H2,1-3H3. The van der Waals surface area contributed by atoms with Gasteiger partial charge < -0.3 is 20.3 Å². The van der Waals surface area contributed by atoms with E-state index < -0.39 is 6.04 Å². The molecule has 0 aliphatic carbocycles. The highest BCUT2D eigenvalue weighted by Crippen LogP contribution is 2.41. The zero-order valence-corrected chi connectivity index (χ0v) is 11.0. The van der Waals surface area contributed by atoms with Crippen LogP contribution in [0.1, 0.15) is 24.1 Å². The fourth-order valence-electron chi connectivity index (χ4n) is 1.73. The van der Waals surface area contributed by atoms with E-state index in [0.717, 1.165) is 12.0 Å². The first-order valence-corrected chi connectivity index (χ1v) is 5.78. The van der Waals surface area contributed by atoms with Gasteiger partial charge in [-0.25, -0.2) is 0 Å². The molecule has 1 rings (SSSR count). The van der Waals surface area contributed by atoms with Crippen molar-refractivity contribution in [3.05, 3.63) is 22.2 Å². The van der Waals surface area contributed by atoms with Gasteiger partial charge in [-0.2, -0.15) is 0 Å². The van der Waals surface area contributed by atoms with Crippen LogP contribution in [-0.2, 0) is 6.42 Å². The van der Waals surface area contributed by atoms with Crippen LogP contribution in [0.2, 0.25) is 5.02 Å². The van der Waals surface area contributed by atoms with Crippen molar-refractivity contribution >= 4 is 11.6 Å². The molecule has 0 aliphatic rings. The summed E-state index contributed by atoms with van der Waals surface area (Å²) in [6.45, 7) is 1.79. The average Bonchev–Trinajstić information content (AvgIpc) is 2.36. The summed E-state index contributed by atoms with van der Waals surface area (Å²) in [5.41, 5.74) is 7.36. The molecule has 0 bridgehead atoms. The number of hydrogen-bond donors (Lipinski definition) is 2. The lowest BCUT2D eigenvalue weighted by Crippen LogP contribution is -2.17. The summed E-state index contributed by atoms with van der Waals surface area (Å²) in [5.74, 6) is 1.06. The minimum Gasteiger partial charge on any atom is -0.493 e. The molecule has 1 aromatic rings. The number of aliphatic hydroxyl groups is 1. The van der Waals surface area contributed by atoms with Crippen molar-refractivity contribution in [2.75, 3.05) is 20.8 Å². The molecule has 96 valence electrons. The van der Waals surface area contributed by atoms with Crippen molar-refractivity contribution in [2.45, 2.75) is 19.4 Å². The van der Waals surface area contributed by atoms with Crippen molar-refractivity contribution in [1.29, 1.82) is 0 Å². The Hall–Kier alpha value is -0.970. The third-order valence-corrected chi connectivity index (χ3v) is 3.11. The topological polar surface area (TPSA) is 64.7 Å². The highest BCUT2D eigenvalue weighted by Gasteiger charge is 2.22. The Morgan fingerprint density at radius 3 is 2.47 bits per heavy atom. The van der Waals surface area contributed by atoms with Gasteiger partial charge in [-0.1, -0.05) is 18.5 Å². The second-order valence-electron chi connectivity index (χ2n) is 3.64. The maximum atomic E-state index is 9.18. The van der Waals surface area contributed by atoms with Gasteiger partial charge in [-0.3, -0.25) is 0 Å². The molecule has 0 spiro atoms. The normalized spacial score (nSPS) is 12.4. The monoisotopic (exact) mass is 259 g/mol. The average molecular weight is 260 g/mol. The molecule has 0 amide bonds. The number of nitrogens with two attached hydrogens (primary N) is 1. The molecule has 0 aromatic heterocycles. The van der Waals surface area contributed by atoms with Crippen LogP contribution in [-0.4, -0.2) is 25.9 Å². The van der Waals surface area contributed by atoms with Gasteiger partial charge in [0, 0.05) is 5.56 Å². The third-order valence-electron chi connectivity index (χ3n) is 2.66. The predicted molar refractivity (Wildman–Crippen MR) is 67.9 cm³/mol. The van der Waals surface area contributed by atoms with E-state index in [4.69, 9.17) is 26.8 Å². The lowest BCUT2D eigenvalue weighted by atomic mass is 10.0. The zero-order valence-electron chi connectivity index (χ0n) is 10.3. The summed E-state index contributed by atoms with van der Waals surface area (Å²) in [5, 5.41) is 9.71. The second-order valence-corrected chi connectivity index (χ2v) is 4.02. The van der Waals surface area contributed by atoms with E-state index >= 15 is 0 Å². The van der Waals surface area contributed by atoms with Crippen LogP contribution >= 0.6 is 11.6 Å². The van der Waals surface area contributed by atoms with Crippen LogP contribution in [0.5, 0.6) is 11.5 Å². The van der Waals surface area contributed by atoms with E-state index in [1.54, 1.807) is 7.11 Å². The number of methoxy groups -OCH3 is 2. The van der Waals surface area contributed by atoms with Crippen LogP contribution in [0.15, 0.2) is 6.07 Å². The Morgan fingerprint density at radius 2 is 2.06 bits per heavy atom. The summed E-state index contributed by atoms with van der Waals surface area (Å²) in [6, 6.07) is 1.24. The van der Waals surface area contributed by atoms with Crippen LogP contribution in [0, 0.1) is 0 Å². The molecule has 0 heterocycles. The fraction of sp³-hybridized carbons (Fsp3) is 0.500. The van der Waals surface area contributed by atoms with Crippen molar-refractivity contribution in [3.63, 3.8) is 0 Å². The quantitative estimate of drug-likeness (QED) is 0.848. The Bertz CT molecular complexity index is 396. The van der Waals surface area contributed by atoms with Crippen LogP contribution in [0.3, 0.4) is 0 Å². The zero-order chi connectivity index (χ0) is 13.0.